The van der Waals surface area contributed by atoms with Crippen LogP contribution in [0.15, 0.2) is 51.2 Å². The minimum Gasteiger partial charge on any atom is -0.379 e. The Kier molecular flexibility index (Phi) is 5.94. The van der Waals surface area contributed by atoms with Crippen LogP contribution in [0.1, 0.15) is 12.5 Å². The third kappa shape index (κ3) is 4.67. The summed E-state index contributed by atoms with van der Waals surface area (Å²) in [5.41, 5.74) is 3.28. The number of benzene rings is 1. The van der Waals surface area contributed by atoms with Crippen LogP contribution in [0.3, 0.4) is 0 Å². The van der Waals surface area contributed by atoms with E-state index in [0.717, 1.165) is 44.0 Å². The fourth-order valence-corrected chi connectivity index (χ4v) is 4.28. The highest BCUT2D eigenvalue weighted by atomic mass is 32.1. The molecule has 1 fully saturated rings. The van der Waals surface area contributed by atoms with Crippen molar-refractivity contribution in [1.82, 2.24) is 15.0 Å². The second-order valence-electron chi connectivity index (χ2n) is 6.97. The summed E-state index contributed by atoms with van der Waals surface area (Å²) >= 11 is 1.73. The van der Waals surface area contributed by atoms with Crippen LogP contribution in [0.5, 0.6) is 0 Å². The number of carbonyl (C=O) groups is 1. The molecule has 1 aliphatic rings. The summed E-state index contributed by atoms with van der Waals surface area (Å²) in [6.45, 7) is 5.96. The molecule has 1 N–H and O–H groups in total. The molecule has 4 rings (SSSR count). The van der Waals surface area contributed by atoms with E-state index >= 15 is 0 Å². The molecule has 1 aromatic carbocycles. The molecule has 1 aliphatic heterocycles. The number of amides is 1. The molecule has 0 unspecified atom stereocenters. The Morgan fingerprint density at radius 2 is 1.86 bits per heavy atom. The van der Waals surface area contributed by atoms with Crippen molar-refractivity contribution in [2.75, 3.05) is 26.3 Å². The number of nitrogens with zero attached hydrogens (tertiary/aromatic N) is 2. The van der Waals surface area contributed by atoms with Crippen molar-refractivity contribution in [1.29, 1.82) is 0 Å². The number of aromatic nitrogens is 1. The third-order valence-corrected chi connectivity index (χ3v) is 5.89. The van der Waals surface area contributed by atoms with E-state index in [9.17, 15) is 9.59 Å². The van der Waals surface area contributed by atoms with Gasteiger partial charge in [0.2, 0.25) is 5.91 Å². The van der Waals surface area contributed by atoms with Gasteiger partial charge in [-0.05, 0) is 28.1 Å². The molecule has 0 radical (unpaired) electrons. The highest BCUT2D eigenvalue weighted by Gasteiger charge is 2.15. The molecular weight excluding hydrogens is 390 g/mol. The quantitative estimate of drug-likeness (QED) is 0.673. The van der Waals surface area contributed by atoms with Gasteiger partial charge in [-0.2, -0.15) is 4.74 Å². The van der Waals surface area contributed by atoms with Gasteiger partial charge in [-0.25, -0.2) is 4.79 Å². The van der Waals surface area contributed by atoms with Gasteiger partial charge in [-0.15, -0.1) is 11.3 Å². The average molecular weight is 413 g/mol. The Hall–Kier alpha value is -2.68. The van der Waals surface area contributed by atoms with Gasteiger partial charge in [0.05, 0.1) is 25.0 Å². The zero-order valence-corrected chi connectivity index (χ0v) is 17.0. The van der Waals surface area contributed by atoms with E-state index < -0.39 is 5.63 Å². The van der Waals surface area contributed by atoms with Crippen LogP contribution < -0.4 is 10.9 Å². The molecule has 3 heterocycles. The predicted molar refractivity (Wildman–Crippen MR) is 112 cm³/mol. The standard InChI is InChI=1S/C21H23N3O4S/c1-15(25)22-14-24-13-19(21(26)28-24)16-2-4-17(5-3-16)20-18(6-11-29-20)12-23-7-9-27-10-8-23/h2-6,11,13H,7-10,12,14H2,1H3,(H,22,25). The number of morpholine rings is 1. The van der Waals surface area contributed by atoms with E-state index in [4.69, 9.17) is 9.26 Å². The molecule has 1 amide bonds. The maximum absolute atomic E-state index is 12.2. The van der Waals surface area contributed by atoms with Gasteiger partial charge in [-0.3, -0.25) is 9.69 Å². The summed E-state index contributed by atoms with van der Waals surface area (Å²) in [6.07, 6.45) is 1.61. The number of carbonyl (C=O) groups excluding carboxylic acids is 1. The van der Waals surface area contributed by atoms with Crippen LogP contribution in [-0.2, 0) is 22.7 Å². The van der Waals surface area contributed by atoms with E-state index in [0.29, 0.717) is 5.56 Å². The van der Waals surface area contributed by atoms with Crippen LogP contribution in [-0.4, -0.2) is 41.9 Å². The number of thiophene rings is 1. The monoisotopic (exact) mass is 413 g/mol. The average Bonchev–Trinajstić information content (AvgIpc) is 3.34. The maximum Gasteiger partial charge on any atom is 0.365 e. The number of rotatable bonds is 6. The summed E-state index contributed by atoms with van der Waals surface area (Å²) in [6, 6.07) is 10.1. The van der Waals surface area contributed by atoms with Gasteiger partial charge in [0.15, 0.2) is 0 Å². The summed E-state index contributed by atoms with van der Waals surface area (Å²) in [5, 5.41) is 4.72. The zero-order chi connectivity index (χ0) is 20.2. The van der Waals surface area contributed by atoms with Crippen molar-refractivity contribution in [3.8, 4) is 21.6 Å². The van der Waals surface area contributed by atoms with Crippen molar-refractivity contribution in [3.05, 3.63) is 57.9 Å². The van der Waals surface area contributed by atoms with Gasteiger partial charge in [0.1, 0.15) is 6.67 Å². The van der Waals surface area contributed by atoms with Crippen molar-refractivity contribution in [2.45, 2.75) is 20.1 Å². The highest BCUT2D eigenvalue weighted by Crippen LogP contribution is 2.32. The van der Waals surface area contributed by atoms with Gasteiger partial charge >= 0.3 is 5.63 Å². The lowest BCUT2D eigenvalue weighted by atomic mass is 10.0. The van der Waals surface area contributed by atoms with Crippen LogP contribution in [0.4, 0.5) is 0 Å². The minimum atomic E-state index is -0.424. The van der Waals surface area contributed by atoms with E-state index in [1.165, 1.54) is 22.1 Å². The van der Waals surface area contributed by atoms with Crippen molar-refractivity contribution in [2.24, 2.45) is 0 Å². The van der Waals surface area contributed by atoms with Crippen molar-refractivity contribution >= 4 is 17.2 Å². The van der Waals surface area contributed by atoms with Crippen LogP contribution in [0, 0.1) is 0 Å². The molecule has 0 atom stereocenters. The molecule has 152 valence electrons. The summed E-state index contributed by atoms with van der Waals surface area (Å²) in [4.78, 5) is 26.8. The number of ether oxygens (including phenoxy) is 1. The molecular formula is C21H23N3O4S. The first-order chi connectivity index (χ1) is 14.1. The molecule has 0 bridgehead atoms. The van der Waals surface area contributed by atoms with Gasteiger partial charge in [-0.1, -0.05) is 24.3 Å². The van der Waals surface area contributed by atoms with E-state index in [1.807, 2.05) is 24.3 Å². The van der Waals surface area contributed by atoms with Crippen LogP contribution in [0.25, 0.3) is 21.6 Å². The first kappa shape index (κ1) is 19.6. The van der Waals surface area contributed by atoms with Gasteiger partial charge in [0, 0.05) is 31.4 Å². The fraction of sp³-hybridized carbons (Fsp3) is 0.333. The number of nitrogens with one attached hydrogen (secondary N) is 1. The van der Waals surface area contributed by atoms with Crippen molar-refractivity contribution in [3.63, 3.8) is 0 Å². The number of hydrogen-bond acceptors (Lipinski definition) is 6. The lowest BCUT2D eigenvalue weighted by Gasteiger charge is -2.26. The summed E-state index contributed by atoms with van der Waals surface area (Å²) in [5.74, 6) is -0.184. The van der Waals surface area contributed by atoms with Gasteiger partial charge in [0.25, 0.3) is 0 Å². The molecule has 0 spiro atoms. The van der Waals surface area contributed by atoms with E-state index in [1.54, 1.807) is 17.5 Å². The van der Waals surface area contributed by atoms with E-state index in [-0.39, 0.29) is 12.6 Å². The third-order valence-electron chi connectivity index (χ3n) is 4.88. The predicted octanol–water partition coefficient (Wildman–Crippen LogP) is 2.76. The molecule has 3 aromatic rings. The lowest BCUT2D eigenvalue weighted by molar-refractivity contribution is -0.119. The van der Waals surface area contributed by atoms with E-state index in [2.05, 4.69) is 21.7 Å². The Balaban J connectivity index is 1.51. The smallest absolute Gasteiger partial charge is 0.365 e. The minimum absolute atomic E-state index is 0.128. The largest absolute Gasteiger partial charge is 0.379 e. The second-order valence-corrected chi connectivity index (χ2v) is 7.89. The highest BCUT2D eigenvalue weighted by molar-refractivity contribution is 7.13. The molecule has 0 aliphatic carbocycles. The summed E-state index contributed by atoms with van der Waals surface area (Å²) < 4.78 is 11.9. The zero-order valence-electron chi connectivity index (χ0n) is 16.2. The molecule has 0 saturated carbocycles. The normalized spacial score (nSPS) is 14.8. The molecule has 29 heavy (non-hydrogen) atoms. The first-order valence-electron chi connectivity index (χ1n) is 9.52. The van der Waals surface area contributed by atoms with Crippen LogP contribution in [0.2, 0.25) is 0 Å². The van der Waals surface area contributed by atoms with Gasteiger partial charge < -0.3 is 14.6 Å². The Morgan fingerprint density at radius 3 is 2.59 bits per heavy atom. The maximum atomic E-state index is 12.2. The molecule has 8 heteroatoms. The lowest BCUT2D eigenvalue weighted by Crippen LogP contribution is -2.35. The number of hydrogen-bond donors (Lipinski definition) is 1. The van der Waals surface area contributed by atoms with Crippen molar-refractivity contribution < 1.29 is 14.1 Å². The summed E-state index contributed by atoms with van der Waals surface area (Å²) in [7, 11) is 0. The first-order valence-corrected chi connectivity index (χ1v) is 10.4. The second kappa shape index (κ2) is 8.77. The fourth-order valence-electron chi connectivity index (χ4n) is 3.35. The topological polar surface area (TPSA) is 76.7 Å². The Morgan fingerprint density at radius 1 is 1.14 bits per heavy atom. The Bertz CT molecular complexity index is 1030. The molecule has 7 nitrogen and oxygen atoms in total. The SMILES string of the molecule is CC(=O)NCn1cc(-c2ccc(-c3sccc3CN3CCOCC3)cc2)c(=O)o1. The molecule has 2 aromatic heterocycles. The van der Waals surface area contributed by atoms with Crippen LogP contribution >= 0.6 is 11.3 Å². The Labute approximate surface area is 172 Å². The molecule has 1 saturated heterocycles.